The fraction of sp³-hybridized carbons (Fsp3) is 0.333. The molecule has 1 amide bonds. The summed E-state index contributed by atoms with van der Waals surface area (Å²) in [6.45, 7) is 3.75. The minimum absolute atomic E-state index is 0.00161. The lowest BCUT2D eigenvalue weighted by atomic mass is 10.1. The van der Waals surface area contributed by atoms with Crippen molar-refractivity contribution in [1.82, 2.24) is 14.9 Å². The van der Waals surface area contributed by atoms with Crippen LogP contribution < -0.4 is 5.32 Å². The molecule has 0 aliphatic carbocycles. The van der Waals surface area contributed by atoms with Crippen molar-refractivity contribution in [3.8, 4) is 22.0 Å². The molecule has 3 heterocycles. The van der Waals surface area contributed by atoms with E-state index in [-0.39, 0.29) is 18.6 Å². The second-order valence-electron chi connectivity index (χ2n) is 6.86. The first-order valence-corrected chi connectivity index (χ1v) is 10.1. The van der Waals surface area contributed by atoms with E-state index >= 15 is 0 Å². The number of aryl methyl sites for hydroxylation is 1. The summed E-state index contributed by atoms with van der Waals surface area (Å²) < 4.78 is 7.50. The van der Waals surface area contributed by atoms with Crippen molar-refractivity contribution in [2.24, 2.45) is 0 Å². The summed E-state index contributed by atoms with van der Waals surface area (Å²) >= 11 is 1.60. The summed E-state index contributed by atoms with van der Waals surface area (Å²) in [4.78, 5) is 17.1. The van der Waals surface area contributed by atoms with Crippen LogP contribution in [0.4, 0.5) is 0 Å². The maximum atomic E-state index is 12.3. The van der Waals surface area contributed by atoms with Gasteiger partial charge in [-0.25, -0.2) is 4.98 Å². The van der Waals surface area contributed by atoms with Crippen LogP contribution in [0.15, 0.2) is 48.0 Å². The van der Waals surface area contributed by atoms with Gasteiger partial charge in [-0.3, -0.25) is 4.79 Å². The molecule has 0 bridgehead atoms. The lowest BCUT2D eigenvalue weighted by Gasteiger charge is -2.12. The van der Waals surface area contributed by atoms with E-state index in [0.29, 0.717) is 6.54 Å². The molecule has 0 spiro atoms. The number of nitrogens with one attached hydrogen (secondary N) is 1. The number of thiazole rings is 1. The Balaban J connectivity index is 1.44. The highest BCUT2D eigenvalue weighted by Crippen LogP contribution is 2.29. The fourth-order valence-corrected chi connectivity index (χ4v) is 4.11. The van der Waals surface area contributed by atoms with E-state index in [4.69, 9.17) is 9.72 Å². The van der Waals surface area contributed by atoms with Crippen LogP contribution in [0.2, 0.25) is 0 Å². The molecule has 1 fully saturated rings. The van der Waals surface area contributed by atoms with E-state index in [0.717, 1.165) is 41.4 Å². The lowest BCUT2D eigenvalue weighted by molar-refractivity contribution is -0.122. The quantitative estimate of drug-likeness (QED) is 0.705. The molecule has 5 nitrogen and oxygen atoms in total. The van der Waals surface area contributed by atoms with E-state index in [1.54, 1.807) is 11.3 Å². The number of amides is 1. The highest BCUT2D eigenvalue weighted by Gasteiger charge is 2.17. The summed E-state index contributed by atoms with van der Waals surface area (Å²) in [5.41, 5.74) is 4.27. The number of benzene rings is 1. The van der Waals surface area contributed by atoms with Crippen LogP contribution in [-0.4, -0.2) is 34.7 Å². The first-order chi connectivity index (χ1) is 13.2. The Morgan fingerprint density at radius 2 is 2.19 bits per heavy atom. The molecular formula is C21H23N3O2S. The van der Waals surface area contributed by atoms with Crippen molar-refractivity contribution in [3.05, 3.63) is 53.5 Å². The SMILES string of the molecule is Cc1ccc(-c2csc(-c3cccn3CC(=O)NC[C@H]3CCCO3)n2)cc1. The predicted octanol–water partition coefficient (Wildman–Crippen LogP) is 3.88. The van der Waals surface area contributed by atoms with Crippen LogP contribution >= 0.6 is 11.3 Å². The predicted molar refractivity (Wildman–Crippen MR) is 108 cm³/mol. The summed E-state index contributed by atoms with van der Waals surface area (Å²) in [7, 11) is 0. The molecule has 1 aromatic carbocycles. The molecule has 1 aliphatic heterocycles. The summed E-state index contributed by atoms with van der Waals surface area (Å²) in [6.07, 6.45) is 4.19. The van der Waals surface area contributed by atoms with E-state index in [2.05, 4.69) is 41.9 Å². The van der Waals surface area contributed by atoms with Gasteiger partial charge in [-0.1, -0.05) is 29.8 Å². The van der Waals surface area contributed by atoms with Crippen LogP contribution in [0, 0.1) is 6.92 Å². The molecular weight excluding hydrogens is 358 g/mol. The first kappa shape index (κ1) is 17.9. The maximum Gasteiger partial charge on any atom is 0.240 e. The van der Waals surface area contributed by atoms with Crippen LogP contribution in [0.1, 0.15) is 18.4 Å². The topological polar surface area (TPSA) is 56.2 Å². The van der Waals surface area contributed by atoms with Crippen molar-refractivity contribution in [2.75, 3.05) is 13.2 Å². The third-order valence-electron chi connectivity index (χ3n) is 4.77. The van der Waals surface area contributed by atoms with Gasteiger partial charge in [0.05, 0.1) is 17.5 Å². The van der Waals surface area contributed by atoms with Gasteiger partial charge in [-0.05, 0) is 31.9 Å². The van der Waals surface area contributed by atoms with Crippen molar-refractivity contribution < 1.29 is 9.53 Å². The van der Waals surface area contributed by atoms with E-state index in [1.807, 2.05) is 22.9 Å². The Morgan fingerprint density at radius 3 is 2.96 bits per heavy atom. The minimum atomic E-state index is -0.00161. The minimum Gasteiger partial charge on any atom is -0.376 e. The van der Waals surface area contributed by atoms with Gasteiger partial charge in [-0.2, -0.15) is 0 Å². The van der Waals surface area contributed by atoms with Gasteiger partial charge >= 0.3 is 0 Å². The normalized spacial score (nSPS) is 16.6. The highest BCUT2D eigenvalue weighted by molar-refractivity contribution is 7.13. The number of carbonyl (C=O) groups excluding carboxylic acids is 1. The Labute approximate surface area is 163 Å². The van der Waals surface area contributed by atoms with Gasteiger partial charge in [0.15, 0.2) is 0 Å². The molecule has 0 radical (unpaired) electrons. The Kier molecular flexibility index (Phi) is 5.36. The van der Waals surface area contributed by atoms with Crippen LogP contribution in [0.25, 0.3) is 22.0 Å². The van der Waals surface area contributed by atoms with Gasteiger partial charge in [0, 0.05) is 30.3 Å². The third-order valence-corrected chi connectivity index (χ3v) is 5.63. The number of rotatable bonds is 6. The Bertz CT molecular complexity index is 908. The molecule has 1 atom stereocenters. The highest BCUT2D eigenvalue weighted by atomic mass is 32.1. The number of hydrogen-bond acceptors (Lipinski definition) is 4. The van der Waals surface area contributed by atoms with Gasteiger partial charge in [0.2, 0.25) is 5.91 Å². The van der Waals surface area contributed by atoms with E-state index in [1.165, 1.54) is 5.56 Å². The average Bonchev–Trinajstić information content (AvgIpc) is 3.42. The summed E-state index contributed by atoms with van der Waals surface area (Å²) in [5.74, 6) is -0.00161. The van der Waals surface area contributed by atoms with Crippen molar-refractivity contribution in [3.63, 3.8) is 0 Å². The smallest absolute Gasteiger partial charge is 0.240 e. The zero-order valence-corrected chi connectivity index (χ0v) is 16.2. The molecule has 3 aromatic rings. The standard InChI is InChI=1S/C21H23N3O2S/c1-15-6-8-16(9-7-15)18-14-27-21(23-18)19-5-2-10-24(19)13-20(25)22-12-17-4-3-11-26-17/h2,5-10,14,17H,3-4,11-13H2,1H3,(H,22,25)/t17-/m1/s1. The second-order valence-corrected chi connectivity index (χ2v) is 7.72. The second kappa shape index (κ2) is 8.06. The van der Waals surface area contributed by atoms with Gasteiger partial charge in [0.25, 0.3) is 0 Å². The average molecular weight is 382 g/mol. The molecule has 140 valence electrons. The van der Waals surface area contributed by atoms with Crippen molar-refractivity contribution in [1.29, 1.82) is 0 Å². The number of aromatic nitrogens is 2. The number of ether oxygens (including phenoxy) is 1. The molecule has 1 N–H and O–H groups in total. The molecule has 2 aromatic heterocycles. The summed E-state index contributed by atoms with van der Waals surface area (Å²) in [6, 6.07) is 12.3. The lowest BCUT2D eigenvalue weighted by Crippen LogP contribution is -2.34. The van der Waals surface area contributed by atoms with Crippen molar-refractivity contribution in [2.45, 2.75) is 32.4 Å². The Morgan fingerprint density at radius 1 is 1.33 bits per heavy atom. The van der Waals surface area contributed by atoms with E-state index < -0.39 is 0 Å². The fourth-order valence-electron chi connectivity index (χ4n) is 3.24. The van der Waals surface area contributed by atoms with Gasteiger partial charge < -0.3 is 14.6 Å². The number of nitrogens with zero attached hydrogens (tertiary/aromatic N) is 2. The molecule has 0 unspecified atom stereocenters. The van der Waals surface area contributed by atoms with Gasteiger partial charge in [-0.15, -0.1) is 11.3 Å². The number of carbonyl (C=O) groups is 1. The monoisotopic (exact) mass is 381 g/mol. The molecule has 4 rings (SSSR count). The molecule has 1 saturated heterocycles. The zero-order valence-electron chi connectivity index (χ0n) is 15.4. The maximum absolute atomic E-state index is 12.3. The summed E-state index contributed by atoms with van der Waals surface area (Å²) in [5, 5.41) is 5.96. The van der Waals surface area contributed by atoms with Crippen LogP contribution in [0.5, 0.6) is 0 Å². The van der Waals surface area contributed by atoms with Crippen LogP contribution in [0.3, 0.4) is 0 Å². The third kappa shape index (κ3) is 4.28. The first-order valence-electron chi connectivity index (χ1n) is 9.25. The molecule has 6 heteroatoms. The van der Waals surface area contributed by atoms with Crippen LogP contribution in [-0.2, 0) is 16.1 Å². The van der Waals surface area contributed by atoms with Crippen molar-refractivity contribution >= 4 is 17.2 Å². The molecule has 0 saturated carbocycles. The largest absolute Gasteiger partial charge is 0.376 e. The van der Waals surface area contributed by atoms with E-state index in [9.17, 15) is 4.79 Å². The molecule has 1 aliphatic rings. The zero-order chi connectivity index (χ0) is 18.6. The molecule has 27 heavy (non-hydrogen) atoms. The van der Waals surface area contributed by atoms with Gasteiger partial charge in [0.1, 0.15) is 11.6 Å². The Hall–Kier alpha value is -2.44. The number of hydrogen-bond donors (Lipinski definition) is 1.